The first kappa shape index (κ1) is 25.9. The second kappa shape index (κ2) is 10.3. The van der Waals surface area contributed by atoms with Gasteiger partial charge in [-0.3, -0.25) is 4.57 Å². The summed E-state index contributed by atoms with van der Waals surface area (Å²) in [5.74, 6) is -0.225. The summed E-state index contributed by atoms with van der Waals surface area (Å²) in [5, 5.41) is 12.3. The van der Waals surface area contributed by atoms with E-state index in [-0.39, 0.29) is 12.3 Å². The molecule has 2 N–H and O–H groups in total. The smallest absolute Gasteiger partial charge is 0.337 e. The molecule has 2 atom stereocenters. The van der Waals surface area contributed by atoms with Gasteiger partial charge in [-0.25, -0.2) is 22.6 Å². The van der Waals surface area contributed by atoms with E-state index in [4.69, 9.17) is 0 Å². The summed E-state index contributed by atoms with van der Waals surface area (Å²) in [6.07, 6.45) is 0.906. The topological polar surface area (TPSA) is 110 Å². The Morgan fingerprint density at radius 3 is 2.17 bits per heavy atom. The summed E-state index contributed by atoms with van der Waals surface area (Å²) in [6.45, 7) is 11.4. The number of carbonyl (C=O) groups excluding carboxylic acids is 1. The van der Waals surface area contributed by atoms with Crippen LogP contribution in [0.4, 0.5) is 4.79 Å². The van der Waals surface area contributed by atoms with Crippen LogP contribution in [0.1, 0.15) is 48.0 Å². The predicted molar refractivity (Wildman–Crippen MR) is 121 cm³/mol. The van der Waals surface area contributed by atoms with E-state index >= 15 is 0 Å². The monoisotopic (exact) mass is 441 g/mol. The van der Waals surface area contributed by atoms with E-state index in [1.54, 1.807) is 31.2 Å². The number of carbonyl (C=O) groups is 1. The highest BCUT2D eigenvalue weighted by Crippen LogP contribution is 2.21. The number of amides is 1. The number of imidazole rings is 1. The van der Waals surface area contributed by atoms with Gasteiger partial charge in [0.25, 0.3) is 0 Å². The number of aryl methyl sites for hydroxylation is 1. The fraction of sp³-hybridized carbons (Fsp3) is 0.619. The highest BCUT2D eigenvalue weighted by Gasteiger charge is 2.31. The molecule has 8 nitrogen and oxygen atoms in total. The molecule has 0 bridgehead atoms. The summed E-state index contributed by atoms with van der Waals surface area (Å²) in [7, 11) is -3.33. The van der Waals surface area contributed by atoms with E-state index in [1.165, 1.54) is 4.57 Å². The fourth-order valence-electron chi connectivity index (χ4n) is 2.96. The van der Waals surface area contributed by atoms with Gasteiger partial charge in [0.1, 0.15) is 9.84 Å². The van der Waals surface area contributed by atoms with Gasteiger partial charge in [0.15, 0.2) is 0 Å². The van der Waals surface area contributed by atoms with E-state index in [9.17, 15) is 23.1 Å². The van der Waals surface area contributed by atoms with E-state index in [0.717, 1.165) is 10.8 Å². The van der Waals surface area contributed by atoms with Crippen molar-refractivity contribution in [2.24, 2.45) is 5.41 Å². The number of hydrogen-bond acceptors (Lipinski definition) is 5. The van der Waals surface area contributed by atoms with E-state index in [2.05, 4.69) is 5.32 Å². The first-order valence-electron chi connectivity index (χ1n) is 10.2. The number of sulfone groups is 1. The fourth-order valence-corrected chi connectivity index (χ4v) is 4.15. The summed E-state index contributed by atoms with van der Waals surface area (Å²) >= 11 is 0. The van der Waals surface area contributed by atoms with Crippen molar-refractivity contribution in [3.8, 4) is 0 Å². The standard InChI is InChI=1S/C19H29N3O5S.C2H6/c1-13(23)10-11-21-14-8-6-7-9-15(14)22(18(21)25)17(24)20-16(19(2,3)4)12-28(5,26)27;1-2/h6-9,13,16,23H,10-12H2,1-5H3,(H,20,24);1-2H3. The molecule has 170 valence electrons. The molecular weight excluding hydrogens is 406 g/mol. The van der Waals surface area contributed by atoms with E-state index in [0.29, 0.717) is 17.5 Å². The van der Waals surface area contributed by atoms with Crippen LogP contribution in [0.25, 0.3) is 11.0 Å². The van der Waals surface area contributed by atoms with E-state index < -0.39 is 39.1 Å². The number of aliphatic hydroxyl groups excluding tert-OH is 1. The quantitative estimate of drug-likeness (QED) is 0.716. The number of nitrogens with one attached hydrogen (secondary N) is 1. The minimum Gasteiger partial charge on any atom is -0.393 e. The molecule has 9 heteroatoms. The Labute approximate surface area is 178 Å². The van der Waals surface area contributed by atoms with Gasteiger partial charge in [0.05, 0.1) is 22.9 Å². The summed E-state index contributed by atoms with van der Waals surface area (Å²) < 4.78 is 26.1. The molecule has 2 rings (SSSR count). The van der Waals surface area contributed by atoms with Crippen molar-refractivity contribution >= 4 is 26.9 Å². The van der Waals surface area contributed by atoms with Gasteiger partial charge < -0.3 is 10.4 Å². The molecule has 0 aliphatic carbocycles. The van der Waals surface area contributed by atoms with Crippen LogP contribution in [-0.2, 0) is 16.4 Å². The van der Waals surface area contributed by atoms with E-state index in [1.807, 2.05) is 34.6 Å². The Hall–Kier alpha value is -2.13. The Morgan fingerprint density at radius 1 is 1.17 bits per heavy atom. The molecule has 1 amide bonds. The minimum atomic E-state index is -3.33. The molecule has 1 aromatic carbocycles. The Morgan fingerprint density at radius 2 is 1.70 bits per heavy atom. The molecule has 0 fully saturated rings. The number of para-hydroxylation sites is 2. The average Bonchev–Trinajstić information content (AvgIpc) is 2.90. The van der Waals surface area contributed by atoms with Crippen molar-refractivity contribution in [2.45, 2.75) is 66.7 Å². The van der Waals surface area contributed by atoms with Gasteiger partial charge in [0, 0.05) is 18.8 Å². The van der Waals surface area contributed by atoms with Gasteiger partial charge >= 0.3 is 11.7 Å². The number of hydrogen-bond donors (Lipinski definition) is 2. The lowest BCUT2D eigenvalue weighted by Gasteiger charge is -2.30. The molecule has 0 spiro atoms. The zero-order chi connectivity index (χ0) is 23.3. The summed E-state index contributed by atoms with van der Waals surface area (Å²) in [5.41, 5.74) is -0.0276. The van der Waals surface area contributed by atoms with Crippen molar-refractivity contribution < 1.29 is 18.3 Å². The number of aliphatic hydroxyl groups is 1. The molecular formula is C21H35N3O5S. The maximum absolute atomic E-state index is 13.0. The summed E-state index contributed by atoms with van der Waals surface area (Å²) in [4.78, 5) is 25.9. The zero-order valence-electron chi connectivity index (χ0n) is 19.0. The Bertz CT molecular complexity index is 1010. The molecule has 1 heterocycles. The minimum absolute atomic E-state index is 0.225. The highest BCUT2D eigenvalue weighted by molar-refractivity contribution is 7.90. The van der Waals surface area contributed by atoms with Crippen LogP contribution in [0.3, 0.4) is 0 Å². The molecule has 2 aromatic rings. The maximum atomic E-state index is 13.0. The first-order valence-corrected chi connectivity index (χ1v) is 12.2. The molecule has 0 aliphatic heterocycles. The number of benzene rings is 1. The van der Waals surface area contributed by atoms with Crippen molar-refractivity contribution in [1.29, 1.82) is 0 Å². The SMILES string of the molecule is CC.CC(O)CCn1c(=O)n(C(=O)NC(CS(C)(=O)=O)C(C)(C)C)c2ccccc21. The molecule has 2 unspecified atom stereocenters. The molecule has 0 saturated heterocycles. The third-order valence-corrected chi connectivity index (χ3v) is 5.56. The summed E-state index contributed by atoms with van der Waals surface area (Å²) in [6, 6.07) is 5.56. The van der Waals surface area contributed by atoms with Crippen LogP contribution in [-0.4, -0.2) is 52.8 Å². The van der Waals surface area contributed by atoms with Crippen molar-refractivity contribution in [3.63, 3.8) is 0 Å². The third-order valence-electron chi connectivity index (χ3n) is 4.62. The normalized spacial score (nSPS) is 14.0. The Balaban J connectivity index is 0.00000218. The molecule has 1 aromatic heterocycles. The number of nitrogens with zero attached hydrogens (tertiary/aromatic N) is 2. The lowest BCUT2D eigenvalue weighted by Crippen LogP contribution is -2.50. The molecule has 30 heavy (non-hydrogen) atoms. The number of aromatic nitrogens is 2. The molecule has 0 aliphatic rings. The lowest BCUT2D eigenvalue weighted by molar-refractivity contribution is 0.178. The predicted octanol–water partition coefficient (Wildman–Crippen LogP) is 2.62. The van der Waals surface area contributed by atoms with Gasteiger partial charge in [0.2, 0.25) is 0 Å². The average molecular weight is 442 g/mol. The molecule has 0 radical (unpaired) electrons. The third kappa shape index (κ3) is 6.70. The van der Waals surface area contributed by atoms with Gasteiger partial charge in [-0.15, -0.1) is 0 Å². The van der Waals surface area contributed by atoms with Crippen LogP contribution in [0.15, 0.2) is 29.1 Å². The van der Waals surface area contributed by atoms with Crippen LogP contribution in [0, 0.1) is 5.41 Å². The van der Waals surface area contributed by atoms with Crippen molar-refractivity contribution in [2.75, 3.05) is 12.0 Å². The largest absolute Gasteiger partial charge is 0.393 e. The second-order valence-electron chi connectivity index (χ2n) is 8.36. The van der Waals surface area contributed by atoms with Crippen molar-refractivity contribution in [3.05, 3.63) is 34.7 Å². The molecule has 0 saturated carbocycles. The second-order valence-corrected chi connectivity index (χ2v) is 10.5. The van der Waals surface area contributed by atoms with Crippen LogP contribution < -0.4 is 11.0 Å². The van der Waals surface area contributed by atoms with Crippen LogP contribution in [0.5, 0.6) is 0 Å². The van der Waals surface area contributed by atoms with Crippen molar-refractivity contribution in [1.82, 2.24) is 14.5 Å². The zero-order valence-corrected chi connectivity index (χ0v) is 19.8. The van der Waals surface area contributed by atoms with Crippen LogP contribution >= 0.6 is 0 Å². The highest BCUT2D eigenvalue weighted by atomic mass is 32.2. The van der Waals surface area contributed by atoms with Gasteiger partial charge in [-0.05, 0) is 30.9 Å². The van der Waals surface area contributed by atoms with Gasteiger partial charge in [-0.1, -0.05) is 46.8 Å². The maximum Gasteiger partial charge on any atom is 0.337 e. The van der Waals surface area contributed by atoms with Gasteiger partial charge in [-0.2, -0.15) is 0 Å². The lowest BCUT2D eigenvalue weighted by atomic mass is 9.88. The first-order chi connectivity index (χ1) is 13.8. The Kier molecular flexibility index (Phi) is 8.86. The number of rotatable bonds is 6. The number of fused-ring (bicyclic) bond motifs is 1. The van der Waals surface area contributed by atoms with Crippen LogP contribution in [0.2, 0.25) is 0 Å².